The number of hydrogen-bond donors (Lipinski definition) is 2. The first-order chi connectivity index (χ1) is 41.8. The number of aliphatic carboxylic acids is 1. The molecule has 9 rings (SSSR count). The van der Waals surface area contributed by atoms with Crippen molar-refractivity contribution in [1.82, 2.24) is 39.4 Å². The molecule has 2 amide bonds. The Kier molecular flexibility index (Phi) is 18.2. The third-order valence-corrected chi connectivity index (χ3v) is 17.7. The van der Waals surface area contributed by atoms with Crippen molar-refractivity contribution >= 4 is 75.0 Å². The molecule has 2 N–H and O–H groups in total. The summed E-state index contributed by atoms with van der Waals surface area (Å²) in [7, 11) is -8.16. The number of carbonyl (C=O) groups is 3. The SMILES string of the molecule is Cc1cc(CC(=O)O)c(C(C)(C)CC(=O)N(c2nn(C)c3c(-n4c([C@H](Cc5cc(F)cc(F)c5)NC(=O)Cn5nc(C(F)F)c6c5C(F)(F)[C@@H]5C[C@H]65)nc5nc(OCCC(F)(F)F)ccc5c4=O)ccc(Cl)c23)S(C)(=O)=O)c(OP(=O)(OC(C)C)OC(C)C)c1. The van der Waals surface area contributed by atoms with Gasteiger partial charge in [-0.25, -0.2) is 35.5 Å². The summed E-state index contributed by atoms with van der Waals surface area (Å²) in [6, 6.07) is 7.57. The molecule has 3 aromatic carbocycles. The molecule has 2 aliphatic carbocycles. The van der Waals surface area contributed by atoms with Gasteiger partial charge in [0.25, 0.3) is 17.9 Å². The van der Waals surface area contributed by atoms with Crippen molar-refractivity contribution in [3.8, 4) is 17.3 Å². The first-order valence-electron chi connectivity index (χ1n) is 27.6. The van der Waals surface area contributed by atoms with Crippen LogP contribution in [0.2, 0.25) is 5.02 Å². The summed E-state index contributed by atoms with van der Waals surface area (Å²) in [6.45, 7) is 8.56. The Bertz CT molecular complexity index is 4240. The smallest absolute Gasteiger partial charge is 0.481 e. The van der Waals surface area contributed by atoms with E-state index in [1.807, 2.05) is 0 Å². The minimum atomic E-state index is -4.85. The van der Waals surface area contributed by atoms with Crippen LogP contribution in [0.4, 0.5) is 45.3 Å². The maximum absolute atomic E-state index is 15.8. The number of fused-ring (bicyclic) bond motifs is 5. The number of aryl methyl sites for hydroxylation is 2. The van der Waals surface area contributed by atoms with Gasteiger partial charge < -0.3 is 19.7 Å². The molecular formula is C57H58ClF9N9O12PS. The van der Waals surface area contributed by atoms with E-state index >= 15 is 27.2 Å². The highest BCUT2D eigenvalue weighted by Crippen LogP contribution is 2.68. The van der Waals surface area contributed by atoms with Crippen LogP contribution < -0.4 is 24.4 Å². The van der Waals surface area contributed by atoms with Crippen molar-refractivity contribution in [2.75, 3.05) is 17.2 Å². The third kappa shape index (κ3) is 13.8. The van der Waals surface area contributed by atoms with Crippen molar-refractivity contribution in [2.24, 2.45) is 13.0 Å². The van der Waals surface area contributed by atoms with Gasteiger partial charge >= 0.3 is 20.0 Å². The highest BCUT2D eigenvalue weighted by molar-refractivity contribution is 7.92. The van der Waals surface area contributed by atoms with E-state index in [9.17, 15) is 49.6 Å². The second-order valence-corrected chi connectivity index (χ2v) is 26.8. The molecule has 0 unspecified atom stereocenters. The van der Waals surface area contributed by atoms with Crippen molar-refractivity contribution in [3.05, 3.63) is 127 Å². The van der Waals surface area contributed by atoms with Crippen LogP contribution in [0.1, 0.15) is 124 Å². The number of phosphoric acid groups is 1. The van der Waals surface area contributed by atoms with Crippen LogP contribution >= 0.6 is 19.4 Å². The van der Waals surface area contributed by atoms with Crippen LogP contribution in [0.15, 0.2) is 59.4 Å². The molecule has 1 fully saturated rings. The van der Waals surface area contributed by atoms with Gasteiger partial charge in [0, 0.05) is 54.5 Å². The van der Waals surface area contributed by atoms with Gasteiger partial charge in [-0.3, -0.25) is 42.2 Å². The van der Waals surface area contributed by atoms with Crippen LogP contribution in [0.25, 0.3) is 27.6 Å². The number of benzene rings is 3. The number of carboxylic acid groups (broad SMARTS) is 1. The maximum atomic E-state index is 15.8. The average molecular weight is 1330 g/mol. The first-order valence-corrected chi connectivity index (χ1v) is 31.3. The molecule has 2 aliphatic rings. The zero-order valence-corrected chi connectivity index (χ0v) is 51.7. The van der Waals surface area contributed by atoms with Gasteiger partial charge in [-0.2, -0.15) is 41.4 Å². The molecular weight excluding hydrogens is 1270 g/mol. The van der Waals surface area contributed by atoms with Gasteiger partial charge in [-0.05, 0) is 100 Å². The number of pyridine rings is 1. The summed E-state index contributed by atoms with van der Waals surface area (Å²) in [4.78, 5) is 66.2. The van der Waals surface area contributed by atoms with Crippen molar-refractivity contribution in [3.63, 3.8) is 0 Å². The molecule has 1 saturated carbocycles. The number of alkyl halides is 7. The second-order valence-electron chi connectivity index (χ2n) is 23.1. The number of aromatic nitrogens is 7. The minimum absolute atomic E-state index is 0.0166. The van der Waals surface area contributed by atoms with E-state index in [4.69, 9.17) is 29.9 Å². The van der Waals surface area contributed by atoms with E-state index in [1.54, 1.807) is 34.6 Å². The molecule has 90 heavy (non-hydrogen) atoms. The molecule has 7 aromatic rings. The fraction of sp³-hybridized carbons (Fsp3) is 0.439. The zero-order valence-electron chi connectivity index (χ0n) is 49.3. The van der Waals surface area contributed by atoms with Gasteiger partial charge in [-0.1, -0.05) is 31.5 Å². The number of amides is 2. The number of carboxylic acids is 1. The number of ether oxygens (including phenoxy) is 1. The Balaban J connectivity index is 1.22. The number of halogens is 10. The zero-order chi connectivity index (χ0) is 66.2. The monoisotopic (exact) mass is 1330 g/mol. The van der Waals surface area contributed by atoms with Crippen LogP contribution in [0, 0.1) is 24.5 Å². The molecule has 21 nitrogen and oxygen atoms in total. The third-order valence-electron chi connectivity index (χ3n) is 14.6. The van der Waals surface area contributed by atoms with Crippen LogP contribution in [0.3, 0.4) is 0 Å². The summed E-state index contributed by atoms with van der Waals surface area (Å²) in [5, 5.41) is 19.7. The molecule has 0 radical (unpaired) electrons. The standard InChI is InChI=1S/C57H58ClF9N9O12PS/c1-26(2)86-89(82,87-27(3)4)88-39-17-28(5)16-30(21-43(79)80)46(39)55(6,7)24-42(78)76(90(9,83)84)53-45-36(58)11-12-38(48(45)73(8)72-53)75-52(70-51-33(54(75)81)10-13-41(69-51)85-15-14-56(63,64)65)37(20-29-18-31(59)22-32(60)19-29)68-40(77)25-74-49-44(47(71-74)50(61)62)34-23-35(34)57(49,66)67/h10-13,16-19,22,26-27,34-35,37,50H,14-15,20-21,23-25H2,1-9H3,(H,68,77)(H,79,80)/t34-,35+,37-/m0/s1. The summed E-state index contributed by atoms with van der Waals surface area (Å²) in [6.07, 6.45) is -12.6. The number of nitrogens with one attached hydrogen (secondary N) is 1. The highest BCUT2D eigenvalue weighted by atomic mass is 35.5. The Morgan fingerprint density at radius 1 is 0.967 bits per heavy atom. The van der Waals surface area contributed by atoms with Crippen molar-refractivity contribution in [2.45, 2.75) is 135 Å². The fourth-order valence-electron chi connectivity index (χ4n) is 11.3. The number of sulfonamides is 1. The van der Waals surface area contributed by atoms with Gasteiger partial charge in [0.05, 0.1) is 71.0 Å². The minimum Gasteiger partial charge on any atom is -0.481 e. The molecule has 3 atom stereocenters. The van der Waals surface area contributed by atoms with E-state index in [1.165, 1.54) is 39.1 Å². The molecule has 4 aromatic heterocycles. The molecule has 0 aliphatic heterocycles. The molecule has 0 saturated heterocycles. The lowest BCUT2D eigenvalue weighted by molar-refractivity contribution is -0.140. The van der Waals surface area contributed by atoms with E-state index in [0.717, 1.165) is 39.6 Å². The number of anilines is 1. The number of carbonyl (C=O) groups excluding carboxylic acids is 2. The fourth-order valence-corrected chi connectivity index (χ4v) is 14.0. The van der Waals surface area contributed by atoms with Gasteiger partial charge in [0.2, 0.25) is 27.7 Å². The summed E-state index contributed by atoms with van der Waals surface area (Å²) >= 11 is 6.96. The second kappa shape index (κ2) is 24.6. The van der Waals surface area contributed by atoms with Crippen LogP contribution in [-0.2, 0) is 75.8 Å². The lowest BCUT2D eigenvalue weighted by Gasteiger charge is -2.32. The number of hydrogen-bond acceptors (Lipinski definition) is 15. The normalized spacial score (nSPS) is 16.1. The first kappa shape index (κ1) is 66.8. The lowest BCUT2D eigenvalue weighted by Crippen LogP contribution is -2.40. The number of nitrogens with zero attached hydrogens (tertiary/aromatic N) is 8. The van der Waals surface area contributed by atoms with E-state index in [0.29, 0.717) is 26.9 Å². The Morgan fingerprint density at radius 3 is 2.22 bits per heavy atom. The largest absolute Gasteiger partial charge is 0.530 e. The van der Waals surface area contributed by atoms with E-state index in [2.05, 4.69) is 25.5 Å². The number of rotatable bonds is 24. The predicted molar refractivity (Wildman–Crippen MR) is 307 cm³/mol. The summed E-state index contributed by atoms with van der Waals surface area (Å²) < 4.78 is 198. The Labute approximate surface area is 512 Å². The van der Waals surface area contributed by atoms with Gasteiger partial charge in [0.15, 0.2) is 11.5 Å². The van der Waals surface area contributed by atoms with Crippen molar-refractivity contribution < 1.29 is 90.3 Å². The molecule has 484 valence electrons. The van der Waals surface area contributed by atoms with Crippen LogP contribution in [-0.4, -0.2) is 96.7 Å². The molecule has 33 heteroatoms. The average Bonchev–Trinajstić information content (AvgIpc) is 1.51. The topological polar surface area (TPSA) is 258 Å². The molecule has 0 spiro atoms. The molecule has 4 heterocycles. The van der Waals surface area contributed by atoms with Gasteiger partial charge in [0.1, 0.15) is 41.1 Å². The number of phosphoric ester groups is 1. The Hall–Kier alpha value is -7.60. The Morgan fingerprint density at radius 2 is 1.62 bits per heavy atom. The molecule has 0 bridgehead atoms. The van der Waals surface area contributed by atoms with Crippen molar-refractivity contribution in [1.29, 1.82) is 0 Å². The summed E-state index contributed by atoms with van der Waals surface area (Å²) in [5.74, 6) is -14.2. The predicted octanol–water partition coefficient (Wildman–Crippen LogP) is 11.3. The highest BCUT2D eigenvalue weighted by Gasteiger charge is 2.67. The summed E-state index contributed by atoms with van der Waals surface area (Å²) in [5.41, 5.74) is -6.10. The van der Waals surface area contributed by atoms with E-state index in [-0.39, 0.29) is 50.5 Å². The maximum Gasteiger partial charge on any atom is 0.530 e. The van der Waals surface area contributed by atoms with Gasteiger partial charge in [-0.15, -0.1) is 0 Å². The van der Waals surface area contributed by atoms with E-state index < -0.39 is 191 Å². The quantitative estimate of drug-likeness (QED) is 0.0421. The van der Waals surface area contributed by atoms with Crippen LogP contribution in [0.5, 0.6) is 11.6 Å². The lowest BCUT2D eigenvalue weighted by atomic mass is 9.77.